The van der Waals surface area contributed by atoms with Gasteiger partial charge in [-0.15, -0.1) is 29.3 Å². The maximum absolute atomic E-state index is 12.6. The number of aromatic hydroxyl groups is 1. The molecule has 0 aliphatic heterocycles. The molecule has 8 aromatic rings. The van der Waals surface area contributed by atoms with Crippen LogP contribution in [0.4, 0.5) is 0 Å². The van der Waals surface area contributed by atoms with E-state index in [2.05, 4.69) is 70.8 Å². The molecule has 0 aliphatic rings. The number of hydrogen-bond donors (Lipinski definition) is 1. The van der Waals surface area contributed by atoms with Gasteiger partial charge in [0.1, 0.15) is 11.6 Å². The standard InChI is InChI=1S/C69H82N3O.Pt/c1-18-68(16,19-2)57-25-23-26-58(69(17,20-3)21-4)62(57)48-30-33-60(45(9)36-48)72-61-27-22-24-54(63(61)71-65(72)56-41-49(43(5)6)40-55(44(7)8)64(56)73)50-37-51(39-53(38-50)67(13,14)15)59-42-47(34-35-70-59)46-28-31-52(32-29-46)66(10,11)12;/h22-36,38-44,73H,18-21H2,1-17H3;/q-1;/i9D3,10D3,11D3,12D3,28D,29D,31D,32D,34D,35D,42D,43D,44D;. The molecule has 0 saturated carbocycles. The van der Waals surface area contributed by atoms with Crippen LogP contribution in [0, 0.1) is 12.9 Å². The third-order valence-corrected chi connectivity index (χ3v) is 15.3. The van der Waals surface area contributed by atoms with Crippen LogP contribution in [-0.2, 0) is 42.7 Å². The van der Waals surface area contributed by atoms with Crippen molar-refractivity contribution in [3.63, 3.8) is 0 Å². The zero-order chi connectivity index (χ0) is 70.9. The fourth-order valence-electron chi connectivity index (χ4n) is 9.70. The number of hydrogen-bond acceptors (Lipinski definition) is 3. The van der Waals surface area contributed by atoms with Crippen LogP contribution in [0.3, 0.4) is 0 Å². The molecule has 6 aromatic carbocycles. The number of aryl methyl sites for hydroxylation is 1. The van der Waals surface area contributed by atoms with Gasteiger partial charge in [-0.1, -0.05) is 194 Å². The van der Waals surface area contributed by atoms with Crippen molar-refractivity contribution in [2.75, 3.05) is 0 Å². The molecule has 5 heteroatoms. The van der Waals surface area contributed by atoms with Crippen LogP contribution in [0.25, 0.3) is 72.7 Å². The predicted molar refractivity (Wildman–Crippen MR) is 313 cm³/mol. The Hall–Kier alpha value is -5.57. The molecule has 0 saturated heterocycles. The second-order valence-corrected chi connectivity index (χ2v) is 21.5. The summed E-state index contributed by atoms with van der Waals surface area (Å²) in [5.41, 5.74) is -2.02. The van der Waals surface area contributed by atoms with E-state index >= 15 is 0 Å². The Morgan fingerprint density at radius 1 is 0.676 bits per heavy atom. The molecule has 1 N–H and O–H groups in total. The van der Waals surface area contributed by atoms with Crippen molar-refractivity contribution in [1.29, 1.82) is 0 Å². The molecule has 4 nitrogen and oxygen atoms in total. The summed E-state index contributed by atoms with van der Waals surface area (Å²) < 4.78 is 188. The van der Waals surface area contributed by atoms with E-state index in [4.69, 9.17) is 22.8 Å². The van der Waals surface area contributed by atoms with Crippen LogP contribution in [0.2, 0.25) is 0 Å². The van der Waals surface area contributed by atoms with E-state index < -0.39 is 109 Å². The number of rotatable bonds is 14. The monoisotopic (exact) mass is 1180 g/mol. The van der Waals surface area contributed by atoms with Crippen molar-refractivity contribution in [1.82, 2.24) is 14.5 Å². The molecule has 0 amide bonds. The number of nitrogens with zero attached hydrogens (tertiary/aromatic N) is 3. The molecular weight excluding hydrogens is 1080 g/mol. The van der Waals surface area contributed by atoms with Crippen LogP contribution in [-0.4, -0.2) is 19.6 Å². The average molecular weight is 1190 g/mol. The molecule has 0 unspecified atom stereocenters. The molecule has 390 valence electrons. The Balaban J connectivity index is 0.0000128. The van der Waals surface area contributed by atoms with Crippen LogP contribution in [0.5, 0.6) is 5.75 Å². The third-order valence-electron chi connectivity index (χ3n) is 15.3. The Bertz CT molecular complexity index is 4180. The first-order chi connectivity index (χ1) is 42.9. The molecule has 0 radical (unpaired) electrons. The maximum atomic E-state index is 12.6. The van der Waals surface area contributed by atoms with E-state index in [1.54, 1.807) is 80.8 Å². The number of phenols is 1. The topological polar surface area (TPSA) is 50.9 Å². The van der Waals surface area contributed by atoms with Crippen LogP contribution >= 0.6 is 0 Å². The summed E-state index contributed by atoms with van der Waals surface area (Å²) in [5.74, 6) is -2.98. The van der Waals surface area contributed by atoms with Crippen molar-refractivity contribution in [2.45, 2.75) is 177 Å². The quantitative estimate of drug-likeness (QED) is 0.110. The normalized spacial score (nSPS) is 17.6. The molecule has 0 fully saturated rings. The van der Waals surface area contributed by atoms with Crippen LogP contribution < -0.4 is 0 Å². The summed E-state index contributed by atoms with van der Waals surface area (Å²) in [6, 6.07) is 20.4. The number of imidazole rings is 1. The van der Waals surface area contributed by atoms with Gasteiger partial charge in [0, 0.05) is 52.1 Å². The van der Waals surface area contributed by atoms with Gasteiger partial charge in [-0.05, 0) is 152 Å². The Kier molecular flexibility index (Phi) is 9.96. The molecule has 0 bridgehead atoms. The van der Waals surface area contributed by atoms with Crippen molar-refractivity contribution in [2.24, 2.45) is 0 Å². The fraction of sp³-hybridized carbons (Fsp3) is 0.391. The fourth-order valence-corrected chi connectivity index (χ4v) is 9.70. The number of fused-ring (bicyclic) bond motifs is 1. The summed E-state index contributed by atoms with van der Waals surface area (Å²) in [5, 5.41) is 12.6. The minimum atomic E-state index is -3.97. The van der Waals surface area contributed by atoms with Crippen molar-refractivity contribution < 1.29 is 55.0 Å². The molecule has 2 aromatic heterocycles. The van der Waals surface area contributed by atoms with Gasteiger partial charge in [0.15, 0.2) is 0 Å². The summed E-state index contributed by atoms with van der Waals surface area (Å²) in [4.78, 5) is 9.74. The third kappa shape index (κ3) is 10.6. The Morgan fingerprint density at radius 3 is 1.89 bits per heavy atom. The summed E-state index contributed by atoms with van der Waals surface area (Å²) in [7, 11) is 0. The number of benzene rings is 6. The second kappa shape index (κ2) is 21.6. The number of para-hydroxylation sites is 1. The molecular formula is C69H82N3OPt-. The summed E-state index contributed by atoms with van der Waals surface area (Å²) in [6.45, 7) is 10.7. The van der Waals surface area contributed by atoms with E-state index in [0.717, 1.165) is 42.4 Å². The summed E-state index contributed by atoms with van der Waals surface area (Å²) >= 11 is 0. The number of phenolic OH excluding ortho intramolecular Hbond substituents is 1. The first kappa shape index (κ1) is 34.2. The first-order valence-corrected chi connectivity index (χ1v) is 25.3. The van der Waals surface area contributed by atoms with Gasteiger partial charge in [0.05, 0.1) is 31.9 Å². The molecule has 2 heterocycles. The van der Waals surface area contributed by atoms with Gasteiger partial charge in [-0.3, -0.25) is 9.55 Å². The van der Waals surface area contributed by atoms with Gasteiger partial charge in [-0.2, -0.15) is 0 Å². The minimum absolute atomic E-state index is 0. The smallest absolute Gasteiger partial charge is 0.148 e. The average Bonchev–Trinajstić information content (AvgIpc) is 1.14. The largest absolute Gasteiger partial charge is 0.507 e. The van der Waals surface area contributed by atoms with E-state index in [9.17, 15) is 16.1 Å². The van der Waals surface area contributed by atoms with E-state index in [-0.39, 0.29) is 82.6 Å². The van der Waals surface area contributed by atoms with E-state index in [1.807, 2.05) is 32.9 Å². The van der Waals surface area contributed by atoms with Crippen LogP contribution in [0.1, 0.15) is 216 Å². The minimum Gasteiger partial charge on any atom is -0.507 e. The van der Waals surface area contributed by atoms with Gasteiger partial charge < -0.3 is 5.11 Å². The van der Waals surface area contributed by atoms with E-state index in [0.29, 0.717) is 33.3 Å². The van der Waals surface area contributed by atoms with E-state index in [1.165, 1.54) is 0 Å². The molecule has 0 atom stereocenters. The van der Waals surface area contributed by atoms with Gasteiger partial charge in [-0.25, -0.2) is 4.98 Å². The molecule has 0 aliphatic carbocycles. The zero-order valence-corrected chi connectivity index (χ0v) is 47.2. The van der Waals surface area contributed by atoms with Crippen LogP contribution in [0.15, 0.2) is 121 Å². The first-order valence-electron chi connectivity index (χ1n) is 35.8. The molecule has 8 rings (SSSR count). The SMILES string of the molecule is [2H]c1nc(-c2[c-]c(-c3cccc4c3nc(-c3cc(C([2H])(C)C)cc(C([2H])(C)C)c3O)n4-c3ccc(-c4c(C(C)(CC)CC)cccc4C(C)(CC)CC)cc3C([2H])([2H])[2H])cc(C(C)(C)C)c2)c([2H])c(-c2c([2H])c([2H])c(C(C([2H])([2H])[2H])(C([2H])([2H])[2H])C([2H])([2H])[2H])c([2H])c2[2H])c1[2H].[Pt]. The Labute approximate surface area is 489 Å². The predicted octanol–water partition coefficient (Wildman–Crippen LogP) is 19.6. The zero-order valence-electron chi connectivity index (χ0n) is 65.9. The second-order valence-electron chi connectivity index (χ2n) is 21.5. The van der Waals surface area contributed by atoms with Gasteiger partial charge in [0.2, 0.25) is 0 Å². The van der Waals surface area contributed by atoms with Crippen molar-refractivity contribution in [3.05, 3.63) is 166 Å². The van der Waals surface area contributed by atoms with Crippen molar-refractivity contribution >= 4 is 11.0 Å². The van der Waals surface area contributed by atoms with Gasteiger partial charge >= 0.3 is 0 Å². The number of pyridine rings is 1. The van der Waals surface area contributed by atoms with Crippen molar-refractivity contribution in [3.8, 4) is 67.5 Å². The van der Waals surface area contributed by atoms with Gasteiger partial charge in [0.25, 0.3) is 0 Å². The molecule has 0 spiro atoms. The summed E-state index contributed by atoms with van der Waals surface area (Å²) in [6.07, 6.45) is 2.43. The maximum Gasteiger partial charge on any atom is 0.148 e. The molecule has 74 heavy (non-hydrogen) atoms. The number of aromatic nitrogens is 3. The Morgan fingerprint density at radius 2 is 1.31 bits per heavy atom.